The molecule has 1 aliphatic carbocycles. The van der Waals surface area contributed by atoms with Crippen LogP contribution in [0.15, 0.2) is 53.7 Å². The van der Waals surface area contributed by atoms with Gasteiger partial charge in [0.05, 0.1) is 11.3 Å². The van der Waals surface area contributed by atoms with E-state index >= 15 is 0 Å². The van der Waals surface area contributed by atoms with Gasteiger partial charge in [0, 0.05) is 5.56 Å². The summed E-state index contributed by atoms with van der Waals surface area (Å²) >= 11 is 1.25. The standard InChI is InChI=1S/C21H22FN5OS/c1-13(20(28)24-18-8-4-6-14-5-2-3-7-17(14)18)29-21-26-25-19(27(21)23)15-9-11-16(22)12-10-15/h2-3,5,7,9-13,18H,4,6,8,23H2,1H3,(H,24,28)/t13-,18+/m0/s1. The summed E-state index contributed by atoms with van der Waals surface area (Å²) in [5, 5.41) is 11.4. The first kappa shape index (κ1) is 19.4. The lowest BCUT2D eigenvalue weighted by Crippen LogP contribution is -2.36. The van der Waals surface area contributed by atoms with E-state index in [4.69, 9.17) is 5.84 Å². The van der Waals surface area contributed by atoms with Crippen LogP contribution < -0.4 is 11.2 Å². The van der Waals surface area contributed by atoms with Gasteiger partial charge in [-0.25, -0.2) is 9.07 Å². The number of hydrogen-bond acceptors (Lipinski definition) is 5. The van der Waals surface area contributed by atoms with Crippen LogP contribution in [-0.2, 0) is 11.2 Å². The number of carbonyl (C=O) groups is 1. The second kappa shape index (κ2) is 8.24. The Kier molecular flexibility index (Phi) is 5.53. The first-order valence-electron chi connectivity index (χ1n) is 9.54. The molecule has 150 valence electrons. The average molecular weight is 412 g/mol. The van der Waals surface area contributed by atoms with E-state index in [-0.39, 0.29) is 17.8 Å². The number of thioether (sulfide) groups is 1. The first-order valence-corrected chi connectivity index (χ1v) is 10.4. The molecule has 2 aromatic carbocycles. The van der Waals surface area contributed by atoms with Crippen molar-refractivity contribution in [3.63, 3.8) is 0 Å². The number of nitrogens with zero attached hydrogens (tertiary/aromatic N) is 3. The van der Waals surface area contributed by atoms with Gasteiger partial charge in [-0.05, 0) is 61.6 Å². The van der Waals surface area contributed by atoms with Crippen LogP contribution in [0.4, 0.5) is 4.39 Å². The molecule has 0 bridgehead atoms. The molecule has 1 aliphatic rings. The molecule has 3 aromatic rings. The van der Waals surface area contributed by atoms with Gasteiger partial charge in [-0.2, -0.15) is 0 Å². The van der Waals surface area contributed by atoms with Crippen LogP contribution in [0.1, 0.15) is 36.9 Å². The number of carbonyl (C=O) groups excluding carboxylic acids is 1. The summed E-state index contributed by atoms with van der Waals surface area (Å²) in [6.45, 7) is 1.82. The maximum Gasteiger partial charge on any atom is 0.233 e. The quantitative estimate of drug-likeness (QED) is 0.496. The molecule has 0 fully saturated rings. The number of nitrogens with one attached hydrogen (secondary N) is 1. The lowest BCUT2D eigenvalue weighted by molar-refractivity contribution is -0.121. The number of amides is 1. The normalized spacial score (nSPS) is 16.8. The van der Waals surface area contributed by atoms with Gasteiger partial charge >= 0.3 is 0 Å². The van der Waals surface area contributed by atoms with E-state index in [0.29, 0.717) is 16.5 Å². The van der Waals surface area contributed by atoms with E-state index in [0.717, 1.165) is 19.3 Å². The van der Waals surface area contributed by atoms with Gasteiger partial charge in [0.1, 0.15) is 5.82 Å². The van der Waals surface area contributed by atoms with Crippen molar-refractivity contribution in [3.8, 4) is 11.4 Å². The number of aryl methyl sites for hydroxylation is 1. The second-order valence-corrected chi connectivity index (χ2v) is 8.40. The van der Waals surface area contributed by atoms with Crippen molar-refractivity contribution in [2.24, 2.45) is 0 Å². The first-order chi connectivity index (χ1) is 14.0. The molecule has 1 aromatic heterocycles. The fourth-order valence-electron chi connectivity index (χ4n) is 3.56. The Labute approximate surface area is 172 Å². The minimum Gasteiger partial charge on any atom is -0.348 e. The third kappa shape index (κ3) is 4.12. The zero-order chi connectivity index (χ0) is 20.4. The Balaban J connectivity index is 1.44. The van der Waals surface area contributed by atoms with E-state index in [1.54, 1.807) is 12.1 Å². The van der Waals surface area contributed by atoms with Crippen molar-refractivity contribution in [1.29, 1.82) is 0 Å². The summed E-state index contributed by atoms with van der Waals surface area (Å²) in [5.41, 5.74) is 3.16. The van der Waals surface area contributed by atoms with Gasteiger partial charge in [0.2, 0.25) is 11.1 Å². The lowest BCUT2D eigenvalue weighted by Gasteiger charge is -2.27. The van der Waals surface area contributed by atoms with Crippen LogP contribution in [0.5, 0.6) is 0 Å². The van der Waals surface area contributed by atoms with Gasteiger partial charge in [-0.1, -0.05) is 36.0 Å². The Morgan fingerprint density at radius 1 is 1.24 bits per heavy atom. The predicted molar refractivity (Wildman–Crippen MR) is 111 cm³/mol. The number of aromatic nitrogens is 3. The van der Waals surface area contributed by atoms with Gasteiger partial charge in [-0.3, -0.25) is 4.79 Å². The lowest BCUT2D eigenvalue weighted by atomic mass is 9.88. The molecule has 6 nitrogen and oxygen atoms in total. The number of fused-ring (bicyclic) bond motifs is 1. The molecule has 0 spiro atoms. The van der Waals surface area contributed by atoms with E-state index < -0.39 is 5.25 Å². The summed E-state index contributed by atoms with van der Waals surface area (Å²) in [6, 6.07) is 14.2. The number of halogens is 1. The number of nitrogen functional groups attached to an aromatic ring is 1. The zero-order valence-corrected chi connectivity index (χ0v) is 16.8. The molecular weight excluding hydrogens is 389 g/mol. The third-order valence-electron chi connectivity index (χ3n) is 5.10. The number of benzene rings is 2. The van der Waals surface area contributed by atoms with Gasteiger partial charge in [0.25, 0.3) is 0 Å². The molecule has 3 N–H and O–H groups in total. The highest BCUT2D eigenvalue weighted by atomic mass is 32.2. The molecule has 2 atom stereocenters. The Hall–Kier alpha value is -2.87. The van der Waals surface area contributed by atoms with Gasteiger partial charge in [-0.15, -0.1) is 10.2 Å². The van der Waals surface area contributed by atoms with E-state index in [1.165, 1.54) is 39.7 Å². The fourth-order valence-corrected chi connectivity index (χ4v) is 4.34. The van der Waals surface area contributed by atoms with Crippen LogP contribution in [0, 0.1) is 5.82 Å². The summed E-state index contributed by atoms with van der Waals surface area (Å²) in [4.78, 5) is 12.8. The maximum absolute atomic E-state index is 13.1. The number of rotatable bonds is 5. The summed E-state index contributed by atoms with van der Waals surface area (Å²) in [6.07, 6.45) is 3.04. The van der Waals surface area contributed by atoms with Crippen molar-refractivity contribution in [3.05, 3.63) is 65.5 Å². The summed E-state index contributed by atoms with van der Waals surface area (Å²) in [7, 11) is 0. The predicted octanol–water partition coefficient (Wildman–Crippen LogP) is 3.47. The van der Waals surface area contributed by atoms with Crippen molar-refractivity contribution in [1.82, 2.24) is 20.2 Å². The highest BCUT2D eigenvalue weighted by Gasteiger charge is 2.25. The molecule has 29 heavy (non-hydrogen) atoms. The minimum atomic E-state index is -0.392. The van der Waals surface area contributed by atoms with Crippen molar-refractivity contribution in [2.75, 3.05) is 5.84 Å². The maximum atomic E-state index is 13.1. The molecule has 0 saturated carbocycles. The average Bonchev–Trinajstić information content (AvgIpc) is 3.09. The topological polar surface area (TPSA) is 85.8 Å². The Morgan fingerprint density at radius 3 is 2.79 bits per heavy atom. The summed E-state index contributed by atoms with van der Waals surface area (Å²) < 4.78 is 14.5. The minimum absolute atomic E-state index is 0.0287. The second-order valence-electron chi connectivity index (χ2n) is 7.10. The zero-order valence-electron chi connectivity index (χ0n) is 16.0. The number of nitrogens with two attached hydrogens (primary N) is 1. The SMILES string of the molecule is C[C@H](Sc1nnc(-c2ccc(F)cc2)n1N)C(=O)N[C@@H]1CCCc2ccccc21. The highest BCUT2D eigenvalue weighted by molar-refractivity contribution is 8.00. The van der Waals surface area contributed by atoms with Crippen LogP contribution in [0.2, 0.25) is 0 Å². The fraction of sp³-hybridized carbons (Fsp3) is 0.286. The summed E-state index contributed by atoms with van der Waals surface area (Å²) in [5.74, 6) is 6.13. The molecule has 8 heteroatoms. The third-order valence-corrected chi connectivity index (χ3v) is 6.16. The van der Waals surface area contributed by atoms with E-state index in [9.17, 15) is 9.18 Å². The molecule has 1 heterocycles. The molecule has 0 unspecified atom stereocenters. The molecule has 0 aliphatic heterocycles. The smallest absolute Gasteiger partial charge is 0.233 e. The highest BCUT2D eigenvalue weighted by Crippen LogP contribution is 2.31. The van der Waals surface area contributed by atoms with E-state index in [1.807, 2.05) is 19.1 Å². The van der Waals surface area contributed by atoms with Gasteiger partial charge < -0.3 is 11.2 Å². The van der Waals surface area contributed by atoms with Gasteiger partial charge in [0.15, 0.2) is 5.82 Å². The van der Waals surface area contributed by atoms with Crippen LogP contribution >= 0.6 is 11.8 Å². The van der Waals surface area contributed by atoms with Crippen molar-refractivity contribution < 1.29 is 9.18 Å². The van der Waals surface area contributed by atoms with E-state index in [2.05, 4.69) is 27.6 Å². The molecule has 0 radical (unpaired) electrons. The van der Waals surface area contributed by atoms with Crippen LogP contribution in [0.25, 0.3) is 11.4 Å². The van der Waals surface area contributed by atoms with Crippen LogP contribution in [0.3, 0.4) is 0 Å². The monoisotopic (exact) mass is 411 g/mol. The van der Waals surface area contributed by atoms with Crippen LogP contribution in [-0.4, -0.2) is 26.0 Å². The molecule has 4 rings (SSSR count). The number of hydrogen-bond donors (Lipinski definition) is 2. The largest absolute Gasteiger partial charge is 0.348 e. The Bertz CT molecular complexity index is 1020. The molecule has 0 saturated heterocycles. The Morgan fingerprint density at radius 2 is 2.00 bits per heavy atom. The van der Waals surface area contributed by atoms with Crippen molar-refractivity contribution in [2.45, 2.75) is 42.6 Å². The molecule has 1 amide bonds. The molecular formula is C21H22FN5OS. The van der Waals surface area contributed by atoms with Crippen molar-refractivity contribution >= 4 is 17.7 Å².